The molecule has 7 heteroatoms. The standard InChI is InChI=1S/C20H21ClN2O3S/c1-11(2)18-22-19-17(20(26)23(18)10-4-5-15(24)25)16(12(3)27-19)13-6-8-14(21)9-7-13/h6-9,11H,4-5,10H2,1-3H3,(H,24,25). The van der Waals surface area contributed by atoms with Gasteiger partial charge in [0.2, 0.25) is 0 Å². The van der Waals surface area contributed by atoms with Crippen molar-refractivity contribution in [2.75, 3.05) is 0 Å². The van der Waals surface area contributed by atoms with Gasteiger partial charge in [0.1, 0.15) is 10.7 Å². The summed E-state index contributed by atoms with van der Waals surface area (Å²) in [5.41, 5.74) is 1.70. The number of rotatable bonds is 6. The SMILES string of the molecule is Cc1sc2nc(C(C)C)n(CCCC(=O)O)c(=O)c2c1-c1ccc(Cl)cc1. The van der Waals surface area contributed by atoms with Gasteiger partial charge in [-0.2, -0.15) is 0 Å². The number of fused-ring (bicyclic) bond motifs is 1. The lowest BCUT2D eigenvalue weighted by Crippen LogP contribution is -2.26. The topological polar surface area (TPSA) is 72.2 Å². The largest absolute Gasteiger partial charge is 0.481 e. The van der Waals surface area contributed by atoms with Gasteiger partial charge in [-0.05, 0) is 31.0 Å². The predicted octanol–water partition coefficient (Wildman–Crippen LogP) is 5.08. The van der Waals surface area contributed by atoms with Crippen LogP contribution in [0.15, 0.2) is 29.1 Å². The van der Waals surface area contributed by atoms with Crippen LogP contribution in [0.3, 0.4) is 0 Å². The first-order chi connectivity index (χ1) is 12.8. The second-order valence-corrected chi connectivity index (χ2v) is 8.44. The fraction of sp³-hybridized carbons (Fsp3) is 0.350. The van der Waals surface area contributed by atoms with Gasteiger partial charge < -0.3 is 5.11 Å². The maximum Gasteiger partial charge on any atom is 0.303 e. The summed E-state index contributed by atoms with van der Waals surface area (Å²) in [6.07, 6.45) is 0.413. The van der Waals surface area contributed by atoms with Crippen LogP contribution in [0.1, 0.15) is 43.3 Å². The number of aromatic nitrogens is 2. The fourth-order valence-electron chi connectivity index (χ4n) is 3.22. The Hall–Kier alpha value is -2.18. The Morgan fingerprint density at radius 1 is 1.30 bits per heavy atom. The maximum absolute atomic E-state index is 13.4. The molecule has 0 saturated carbocycles. The number of aryl methyl sites for hydroxylation is 1. The molecule has 27 heavy (non-hydrogen) atoms. The molecule has 2 aromatic heterocycles. The Morgan fingerprint density at radius 2 is 1.96 bits per heavy atom. The van der Waals surface area contributed by atoms with Crippen molar-refractivity contribution in [3.8, 4) is 11.1 Å². The van der Waals surface area contributed by atoms with Crippen molar-refractivity contribution < 1.29 is 9.90 Å². The van der Waals surface area contributed by atoms with Gasteiger partial charge in [0.25, 0.3) is 5.56 Å². The second kappa shape index (κ2) is 7.82. The lowest BCUT2D eigenvalue weighted by atomic mass is 10.0. The Bertz CT molecular complexity index is 1050. The first-order valence-corrected chi connectivity index (χ1v) is 10.0. The van der Waals surface area contributed by atoms with Crippen LogP contribution in [0.5, 0.6) is 0 Å². The van der Waals surface area contributed by atoms with E-state index >= 15 is 0 Å². The normalized spacial score (nSPS) is 11.4. The van der Waals surface area contributed by atoms with Crippen LogP contribution < -0.4 is 5.56 Å². The van der Waals surface area contributed by atoms with Crippen LogP contribution in [0.25, 0.3) is 21.3 Å². The van der Waals surface area contributed by atoms with E-state index in [-0.39, 0.29) is 17.9 Å². The first-order valence-electron chi connectivity index (χ1n) is 8.81. The summed E-state index contributed by atoms with van der Waals surface area (Å²) < 4.78 is 1.64. The van der Waals surface area contributed by atoms with Crippen LogP contribution in [0.4, 0.5) is 0 Å². The molecule has 0 aliphatic carbocycles. The number of hydrogen-bond acceptors (Lipinski definition) is 4. The van der Waals surface area contributed by atoms with Crippen LogP contribution in [-0.4, -0.2) is 20.6 Å². The van der Waals surface area contributed by atoms with E-state index in [1.807, 2.05) is 32.9 Å². The zero-order valence-corrected chi connectivity index (χ0v) is 17.0. The predicted molar refractivity (Wildman–Crippen MR) is 110 cm³/mol. The number of halogens is 1. The van der Waals surface area contributed by atoms with E-state index in [2.05, 4.69) is 0 Å². The number of benzene rings is 1. The monoisotopic (exact) mass is 404 g/mol. The molecule has 3 rings (SSSR count). The minimum atomic E-state index is -0.864. The summed E-state index contributed by atoms with van der Waals surface area (Å²) in [5, 5.41) is 10.2. The van der Waals surface area contributed by atoms with Gasteiger partial charge in [0.05, 0.1) is 5.39 Å². The zero-order valence-electron chi connectivity index (χ0n) is 15.5. The molecule has 1 N–H and O–H groups in total. The summed E-state index contributed by atoms with van der Waals surface area (Å²) >= 11 is 7.51. The summed E-state index contributed by atoms with van der Waals surface area (Å²) in [7, 11) is 0. The van der Waals surface area contributed by atoms with Crippen molar-refractivity contribution >= 4 is 39.1 Å². The molecule has 0 amide bonds. The fourth-order valence-corrected chi connectivity index (χ4v) is 4.39. The Kier molecular flexibility index (Phi) is 5.67. The summed E-state index contributed by atoms with van der Waals surface area (Å²) in [6.45, 7) is 6.31. The molecule has 142 valence electrons. The first kappa shape index (κ1) is 19.6. The number of carboxylic acids is 1. The van der Waals surface area contributed by atoms with Gasteiger partial charge in [-0.1, -0.05) is 37.6 Å². The summed E-state index contributed by atoms with van der Waals surface area (Å²) in [4.78, 5) is 30.7. The maximum atomic E-state index is 13.4. The molecule has 0 saturated heterocycles. The molecule has 0 aliphatic heterocycles. The van der Waals surface area contributed by atoms with Crippen LogP contribution in [-0.2, 0) is 11.3 Å². The minimum absolute atomic E-state index is 0.0225. The van der Waals surface area contributed by atoms with E-state index in [4.69, 9.17) is 21.7 Å². The Morgan fingerprint density at radius 3 is 2.56 bits per heavy atom. The van der Waals surface area contributed by atoms with Gasteiger partial charge in [0.15, 0.2) is 0 Å². The molecular weight excluding hydrogens is 384 g/mol. The molecule has 2 heterocycles. The highest BCUT2D eigenvalue weighted by Crippen LogP contribution is 2.36. The van der Waals surface area contributed by atoms with Crippen molar-refractivity contribution in [3.63, 3.8) is 0 Å². The highest BCUT2D eigenvalue weighted by molar-refractivity contribution is 7.19. The molecule has 0 aliphatic rings. The van der Waals surface area contributed by atoms with Crippen LogP contribution >= 0.6 is 22.9 Å². The Labute approximate surface area is 166 Å². The number of carboxylic acid groups (broad SMARTS) is 1. The van der Waals surface area contributed by atoms with Gasteiger partial charge in [0, 0.05) is 34.3 Å². The summed E-state index contributed by atoms with van der Waals surface area (Å²) in [5.74, 6) is -0.105. The van der Waals surface area contributed by atoms with Crippen LogP contribution in [0.2, 0.25) is 5.02 Å². The second-order valence-electron chi connectivity index (χ2n) is 6.80. The Balaban J connectivity index is 2.22. The molecule has 0 atom stereocenters. The number of thiophene rings is 1. The van der Waals surface area contributed by atoms with E-state index in [9.17, 15) is 9.59 Å². The molecule has 0 unspecified atom stereocenters. The highest BCUT2D eigenvalue weighted by Gasteiger charge is 2.21. The molecule has 0 bridgehead atoms. The van der Waals surface area contributed by atoms with Gasteiger partial charge in [-0.15, -0.1) is 11.3 Å². The van der Waals surface area contributed by atoms with E-state index in [1.165, 1.54) is 11.3 Å². The van der Waals surface area contributed by atoms with Crippen LogP contribution in [0, 0.1) is 6.92 Å². The van der Waals surface area contributed by atoms with E-state index in [1.54, 1.807) is 16.7 Å². The number of carbonyl (C=O) groups is 1. The van der Waals surface area contributed by atoms with Crippen molar-refractivity contribution in [1.29, 1.82) is 0 Å². The third-order valence-corrected chi connectivity index (χ3v) is 5.69. The van der Waals surface area contributed by atoms with E-state index in [0.29, 0.717) is 29.2 Å². The molecule has 3 aromatic rings. The third kappa shape index (κ3) is 3.92. The lowest BCUT2D eigenvalue weighted by Gasteiger charge is -2.15. The molecule has 0 radical (unpaired) electrons. The van der Waals surface area contributed by atoms with E-state index < -0.39 is 5.97 Å². The van der Waals surface area contributed by atoms with Crippen molar-refractivity contribution in [1.82, 2.24) is 9.55 Å². The van der Waals surface area contributed by atoms with Gasteiger partial charge in [-0.25, -0.2) is 4.98 Å². The minimum Gasteiger partial charge on any atom is -0.481 e. The van der Waals surface area contributed by atoms with Crippen molar-refractivity contribution in [2.45, 2.75) is 46.1 Å². The summed E-state index contributed by atoms with van der Waals surface area (Å²) in [6, 6.07) is 7.42. The van der Waals surface area contributed by atoms with Crippen molar-refractivity contribution in [3.05, 3.63) is 50.3 Å². The molecule has 0 spiro atoms. The quantitative estimate of drug-likeness (QED) is 0.622. The third-order valence-electron chi connectivity index (χ3n) is 4.44. The molecular formula is C20H21ClN2O3S. The van der Waals surface area contributed by atoms with Gasteiger partial charge >= 0.3 is 5.97 Å². The zero-order chi connectivity index (χ0) is 19.7. The average Bonchev–Trinajstić information content (AvgIpc) is 2.93. The smallest absolute Gasteiger partial charge is 0.303 e. The number of aliphatic carboxylic acids is 1. The average molecular weight is 405 g/mol. The van der Waals surface area contributed by atoms with E-state index in [0.717, 1.165) is 20.8 Å². The number of hydrogen-bond donors (Lipinski definition) is 1. The van der Waals surface area contributed by atoms with Crippen molar-refractivity contribution in [2.24, 2.45) is 0 Å². The lowest BCUT2D eigenvalue weighted by molar-refractivity contribution is -0.137. The van der Waals surface area contributed by atoms with Gasteiger partial charge in [-0.3, -0.25) is 14.2 Å². The molecule has 0 fully saturated rings. The molecule has 5 nitrogen and oxygen atoms in total. The molecule has 1 aromatic carbocycles. The number of nitrogens with zero attached hydrogens (tertiary/aromatic N) is 2. The highest BCUT2D eigenvalue weighted by atomic mass is 35.5.